The van der Waals surface area contributed by atoms with Gasteiger partial charge in [-0.25, -0.2) is 4.98 Å². The van der Waals surface area contributed by atoms with Crippen LogP contribution >= 0.6 is 0 Å². The number of hydrogen-bond acceptors (Lipinski definition) is 3. The van der Waals surface area contributed by atoms with E-state index in [4.69, 9.17) is 4.74 Å². The molecule has 0 aliphatic rings. The quantitative estimate of drug-likeness (QED) is 0.757. The maximum atomic E-state index is 5.59. The molecule has 0 unspecified atom stereocenters. The standard InChI is InChI=1S/C18H18N2O/c1-2-21-17-11-6-12-19-18(17)20-13-15-9-5-8-14-7-3-4-10-16(14)15/h3-12H,2,13H2,1H3,(H,19,20). The highest BCUT2D eigenvalue weighted by Crippen LogP contribution is 2.23. The van der Waals surface area contributed by atoms with E-state index in [0.717, 1.165) is 18.1 Å². The summed E-state index contributed by atoms with van der Waals surface area (Å²) in [4.78, 5) is 4.36. The zero-order valence-corrected chi connectivity index (χ0v) is 12.0. The molecule has 3 aromatic rings. The smallest absolute Gasteiger partial charge is 0.169 e. The van der Waals surface area contributed by atoms with E-state index in [-0.39, 0.29) is 0 Å². The van der Waals surface area contributed by atoms with E-state index in [2.05, 4.69) is 52.8 Å². The second kappa shape index (κ2) is 6.27. The van der Waals surface area contributed by atoms with Gasteiger partial charge >= 0.3 is 0 Å². The van der Waals surface area contributed by atoms with E-state index >= 15 is 0 Å². The summed E-state index contributed by atoms with van der Waals surface area (Å²) >= 11 is 0. The highest BCUT2D eigenvalue weighted by molar-refractivity contribution is 5.85. The number of rotatable bonds is 5. The summed E-state index contributed by atoms with van der Waals surface area (Å²) in [5.41, 5.74) is 1.25. The van der Waals surface area contributed by atoms with Crippen molar-refractivity contribution in [2.45, 2.75) is 13.5 Å². The fourth-order valence-electron chi connectivity index (χ4n) is 2.42. The van der Waals surface area contributed by atoms with Gasteiger partial charge in [-0.05, 0) is 35.4 Å². The second-order valence-electron chi connectivity index (χ2n) is 4.77. The Hall–Kier alpha value is -2.55. The number of nitrogens with one attached hydrogen (secondary N) is 1. The Balaban J connectivity index is 1.84. The molecule has 0 aliphatic heterocycles. The molecule has 106 valence electrons. The topological polar surface area (TPSA) is 34.1 Å². The van der Waals surface area contributed by atoms with E-state index in [1.807, 2.05) is 19.1 Å². The molecule has 3 rings (SSSR count). The maximum absolute atomic E-state index is 5.59. The predicted molar refractivity (Wildman–Crippen MR) is 86.7 cm³/mol. The number of anilines is 1. The van der Waals surface area contributed by atoms with Crippen LogP contribution in [0.3, 0.4) is 0 Å². The summed E-state index contributed by atoms with van der Waals surface area (Å²) in [7, 11) is 0. The van der Waals surface area contributed by atoms with E-state index in [0.29, 0.717) is 6.61 Å². The molecule has 1 heterocycles. The summed E-state index contributed by atoms with van der Waals surface area (Å²) in [5.74, 6) is 1.58. The van der Waals surface area contributed by atoms with Gasteiger partial charge in [0.25, 0.3) is 0 Å². The molecule has 3 nitrogen and oxygen atoms in total. The fraction of sp³-hybridized carbons (Fsp3) is 0.167. The summed E-state index contributed by atoms with van der Waals surface area (Å²) in [6, 6.07) is 18.6. The van der Waals surface area contributed by atoms with Crippen LogP contribution in [0, 0.1) is 0 Å². The Morgan fingerprint density at radius 3 is 2.76 bits per heavy atom. The number of nitrogens with zero attached hydrogens (tertiary/aromatic N) is 1. The van der Waals surface area contributed by atoms with Gasteiger partial charge in [-0.3, -0.25) is 0 Å². The maximum Gasteiger partial charge on any atom is 0.169 e. The van der Waals surface area contributed by atoms with Crippen molar-refractivity contribution in [2.24, 2.45) is 0 Å². The van der Waals surface area contributed by atoms with Crippen LogP contribution in [0.1, 0.15) is 12.5 Å². The molecular formula is C18H18N2O. The van der Waals surface area contributed by atoms with Crippen molar-refractivity contribution >= 4 is 16.6 Å². The SMILES string of the molecule is CCOc1cccnc1NCc1cccc2ccccc12. The van der Waals surface area contributed by atoms with Gasteiger partial charge in [-0.1, -0.05) is 42.5 Å². The monoisotopic (exact) mass is 278 g/mol. The second-order valence-corrected chi connectivity index (χ2v) is 4.77. The number of pyridine rings is 1. The normalized spacial score (nSPS) is 10.5. The van der Waals surface area contributed by atoms with E-state index < -0.39 is 0 Å². The minimum absolute atomic E-state index is 0.634. The van der Waals surface area contributed by atoms with Gasteiger partial charge in [0, 0.05) is 12.7 Å². The zero-order chi connectivity index (χ0) is 14.5. The first-order chi connectivity index (χ1) is 10.4. The van der Waals surface area contributed by atoms with Crippen LogP contribution in [-0.4, -0.2) is 11.6 Å². The molecule has 0 saturated carbocycles. The number of fused-ring (bicyclic) bond motifs is 1. The van der Waals surface area contributed by atoms with Crippen LogP contribution in [0.4, 0.5) is 5.82 Å². The van der Waals surface area contributed by atoms with Crippen molar-refractivity contribution in [3.8, 4) is 5.75 Å². The third-order valence-electron chi connectivity index (χ3n) is 3.40. The Morgan fingerprint density at radius 1 is 1.00 bits per heavy atom. The largest absolute Gasteiger partial charge is 0.490 e. The molecule has 1 N–H and O–H groups in total. The molecular weight excluding hydrogens is 260 g/mol. The lowest BCUT2D eigenvalue weighted by molar-refractivity contribution is 0.340. The first kappa shape index (κ1) is 13.4. The number of benzene rings is 2. The average Bonchev–Trinajstić information content (AvgIpc) is 2.54. The Bertz CT molecular complexity index is 735. The Labute approximate surface area is 124 Å². The lowest BCUT2D eigenvalue weighted by atomic mass is 10.0. The zero-order valence-electron chi connectivity index (χ0n) is 12.0. The Morgan fingerprint density at radius 2 is 1.86 bits per heavy atom. The van der Waals surface area contributed by atoms with Gasteiger partial charge in [0.05, 0.1) is 6.61 Å². The van der Waals surface area contributed by atoms with Gasteiger partial charge < -0.3 is 10.1 Å². The van der Waals surface area contributed by atoms with E-state index in [1.165, 1.54) is 16.3 Å². The van der Waals surface area contributed by atoms with Gasteiger partial charge in [0.1, 0.15) is 0 Å². The van der Waals surface area contributed by atoms with Crippen molar-refractivity contribution in [2.75, 3.05) is 11.9 Å². The Kier molecular flexibility index (Phi) is 4.01. The first-order valence-corrected chi connectivity index (χ1v) is 7.17. The lowest BCUT2D eigenvalue weighted by Crippen LogP contribution is -2.04. The van der Waals surface area contributed by atoms with Gasteiger partial charge in [0.15, 0.2) is 11.6 Å². The number of aromatic nitrogens is 1. The van der Waals surface area contributed by atoms with E-state index in [9.17, 15) is 0 Å². The minimum Gasteiger partial charge on any atom is -0.490 e. The van der Waals surface area contributed by atoms with E-state index in [1.54, 1.807) is 6.20 Å². The molecule has 2 aromatic carbocycles. The third-order valence-corrected chi connectivity index (χ3v) is 3.40. The van der Waals surface area contributed by atoms with Crippen molar-refractivity contribution in [3.05, 3.63) is 66.4 Å². The van der Waals surface area contributed by atoms with Crippen LogP contribution in [0.15, 0.2) is 60.8 Å². The van der Waals surface area contributed by atoms with Crippen molar-refractivity contribution in [1.29, 1.82) is 0 Å². The molecule has 1 aromatic heterocycles. The van der Waals surface area contributed by atoms with Crippen LogP contribution in [0.25, 0.3) is 10.8 Å². The van der Waals surface area contributed by atoms with Crippen LogP contribution in [0.2, 0.25) is 0 Å². The molecule has 0 saturated heterocycles. The highest BCUT2D eigenvalue weighted by atomic mass is 16.5. The summed E-state index contributed by atoms with van der Waals surface area (Å²) in [6.07, 6.45) is 1.77. The molecule has 21 heavy (non-hydrogen) atoms. The average molecular weight is 278 g/mol. The lowest BCUT2D eigenvalue weighted by Gasteiger charge is -2.12. The van der Waals surface area contributed by atoms with Gasteiger partial charge in [0.2, 0.25) is 0 Å². The minimum atomic E-state index is 0.634. The summed E-state index contributed by atoms with van der Waals surface area (Å²) in [6.45, 7) is 3.33. The molecule has 0 amide bonds. The molecule has 0 radical (unpaired) electrons. The first-order valence-electron chi connectivity index (χ1n) is 7.17. The predicted octanol–water partition coefficient (Wildman–Crippen LogP) is 4.25. The van der Waals surface area contributed by atoms with Crippen molar-refractivity contribution < 1.29 is 4.74 Å². The van der Waals surface area contributed by atoms with Gasteiger partial charge in [-0.2, -0.15) is 0 Å². The molecule has 0 bridgehead atoms. The molecule has 0 spiro atoms. The van der Waals surface area contributed by atoms with Crippen LogP contribution in [0.5, 0.6) is 5.75 Å². The number of hydrogen-bond donors (Lipinski definition) is 1. The van der Waals surface area contributed by atoms with Crippen LogP contribution in [-0.2, 0) is 6.54 Å². The van der Waals surface area contributed by atoms with Crippen LogP contribution < -0.4 is 10.1 Å². The van der Waals surface area contributed by atoms with Crippen molar-refractivity contribution in [3.63, 3.8) is 0 Å². The van der Waals surface area contributed by atoms with Gasteiger partial charge in [-0.15, -0.1) is 0 Å². The summed E-state index contributed by atoms with van der Waals surface area (Å²) in [5, 5.41) is 5.89. The molecule has 0 aliphatic carbocycles. The molecule has 0 atom stereocenters. The number of ether oxygens (including phenoxy) is 1. The molecule has 3 heteroatoms. The fourth-order valence-corrected chi connectivity index (χ4v) is 2.42. The van der Waals surface area contributed by atoms with Crippen molar-refractivity contribution in [1.82, 2.24) is 4.98 Å². The highest BCUT2D eigenvalue weighted by Gasteiger charge is 2.05. The molecule has 0 fully saturated rings. The summed E-state index contributed by atoms with van der Waals surface area (Å²) < 4.78 is 5.59. The third kappa shape index (κ3) is 2.97.